The molecule has 2 aliphatic rings. The number of hydrogen-bond donors (Lipinski definition) is 2. The Labute approximate surface area is 354 Å². The topological polar surface area (TPSA) is 219 Å². The molecule has 60 heavy (non-hydrogen) atoms. The first-order valence-corrected chi connectivity index (χ1v) is 23.2. The third-order valence-corrected chi connectivity index (χ3v) is 11.9. The van der Waals surface area contributed by atoms with Gasteiger partial charge in [0.15, 0.2) is 11.6 Å². The molecule has 2 saturated heterocycles. The molecule has 0 amide bonds. The average molecular weight is 854 g/mol. The Bertz CT molecular complexity index is 1880. The number of anilines is 1. The van der Waals surface area contributed by atoms with Gasteiger partial charge in [-0.05, 0) is 44.0 Å². The van der Waals surface area contributed by atoms with Crippen LogP contribution in [-0.4, -0.2) is 80.6 Å². The molecule has 16 nitrogen and oxygen atoms in total. The summed E-state index contributed by atoms with van der Waals surface area (Å²) in [5, 5.41) is 23.9. The predicted octanol–water partition coefficient (Wildman–Crippen LogP) is 8.43. The second-order valence-corrected chi connectivity index (χ2v) is 17.7. The third kappa shape index (κ3) is 14.0. The van der Waals surface area contributed by atoms with Crippen molar-refractivity contribution in [2.24, 2.45) is 0 Å². The van der Waals surface area contributed by atoms with E-state index in [0.29, 0.717) is 23.4 Å². The molecule has 330 valence electrons. The summed E-state index contributed by atoms with van der Waals surface area (Å²) in [5.41, 5.74) is 6.22. The van der Waals surface area contributed by atoms with Gasteiger partial charge in [-0.3, -0.25) is 9.05 Å². The third-order valence-electron chi connectivity index (χ3n) is 11.0. The normalized spacial score (nSPS) is 22.3. The average Bonchev–Trinajstić information content (AvgIpc) is 3.90. The summed E-state index contributed by atoms with van der Waals surface area (Å²) >= 11 is 0. The molecule has 0 aromatic carbocycles. The number of fused-ring (bicyclic) bond motifs is 2. The van der Waals surface area contributed by atoms with Gasteiger partial charge >= 0.3 is 7.82 Å². The maximum Gasteiger partial charge on any atom is 0.472 e. The number of aromatic nitrogens is 4. The van der Waals surface area contributed by atoms with Crippen molar-refractivity contribution in [3.63, 3.8) is 0 Å². The highest BCUT2D eigenvalue weighted by Gasteiger charge is 2.65. The minimum atomic E-state index is -4.79. The maximum absolute atomic E-state index is 13.4. The van der Waals surface area contributed by atoms with E-state index in [-0.39, 0.29) is 31.3 Å². The molecular formula is C43H64N7O9P. The van der Waals surface area contributed by atoms with E-state index >= 15 is 0 Å². The molecule has 3 N–H and O–H groups in total. The number of ether oxygens (including phenoxy) is 5. The molecule has 17 heteroatoms. The van der Waals surface area contributed by atoms with Gasteiger partial charge in [-0.1, -0.05) is 109 Å². The number of rotatable bonds is 29. The van der Waals surface area contributed by atoms with Crippen molar-refractivity contribution in [1.29, 1.82) is 10.5 Å². The predicted molar refractivity (Wildman–Crippen MR) is 223 cm³/mol. The number of hydrogen-bond acceptors (Lipinski definition) is 14. The van der Waals surface area contributed by atoms with Crippen LogP contribution in [-0.2, 0) is 43.9 Å². The molecule has 2 fully saturated rings. The standard InChI is InChI=1S/C43H64N7O9P/c1-4-5-6-7-8-9-10-11-12-13-14-15-16-17-18-19-24-53-28-35(54-27-33-20-21-34(25-44)47-26-33)29-55-60(51,52)56-31-43(30-45)40-39(57-42(2,3)59-40)38(58-43)36-22-23-37-41(46)48-32-49-50(36)37/h20-23,26,32,35,38-40H,4-19,24,27-29,31H2,1-3H3,(H,51,52)(H2,46,48,49)/t35-,38+,39+,40+,43-/m1/s1. The fourth-order valence-electron chi connectivity index (χ4n) is 7.68. The van der Waals surface area contributed by atoms with E-state index in [1.807, 2.05) is 6.07 Å². The van der Waals surface area contributed by atoms with Crippen molar-refractivity contribution in [2.45, 2.75) is 166 Å². The van der Waals surface area contributed by atoms with E-state index in [9.17, 15) is 14.7 Å². The van der Waals surface area contributed by atoms with E-state index in [0.717, 1.165) is 19.3 Å². The summed E-state index contributed by atoms with van der Waals surface area (Å²) in [6.45, 7) is 5.35. The molecule has 5 rings (SSSR count). The number of unbranched alkanes of at least 4 members (excludes halogenated alkanes) is 15. The first-order valence-electron chi connectivity index (χ1n) is 21.7. The number of nitrogens with zero attached hydrogens (tertiary/aromatic N) is 6. The molecule has 0 saturated carbocycles. The molecule has 3 aromatic rings. The Morgan fingerprint density at radius 1 is 0.883 bits per heavy atom. The van der Waals surface area contributed by atoms with Gasteiger partial charge in [0.25, 0.3) is 0 Å². The first kappa shape index (κ1) is 47.5. The minimum Gasteiger partial charge on any atom is -0.382 e. The van der Waals surface area contributed by atoms with Crippen molar-refractivity contribution < 1.29 is 42.2 Å². The van der Waals surface area contributed by atoms with Crippen molar-refractivity contribution in [3.05, 3.63) is 53.7 Å². The number of nitrogen functional groups attached to an aromatic ring is 1. The maximum atomic E-state index is 13.4. The van der Waals surface area contributed by atoms with Crippen molar-refractivity contribution in [3.8, 4) is 12.1 Å². The lowest BCUT2D eigenvalue weighted by atomic mass is 9.96. The van der Waals surface area contributed by atoms with Crippen molar-refractivity contribution in [2.75, 3.05) is 32.2 Å². The van der Waals surface area contributed by atoms with Crippen LogP contribution in [0.25, 0.3) is 5.52 Å². The number of pyridine rings is 1. The summed E-state index contributed by atoms with van der Waals surface area (Å²) in [4.78, 5) is 19.0. The lowest BCUT2D eigenvalue weighted by Gasteiger charge is -2.29. The number of nitriles is 2. The molecule has 0 radical (unpaired) electrons. The van der Waals surface area contributed by atoms with Gasteiger partial charge in [-0.15, -0.1) is 0 Å². The van der Waals surface area contributed by atoms with Crippen LogP contribution in [0.1, 0.15) is 147 Å². The molecule has 2 aliphatic heterocycles. The second-order valence-electron chi connectivity index (χ2n) is 16.3. The van der Waals surface area contributed by atoms with Gasteiger partial charge in [0.1, 0.15) is 60.7 Å². The molecule has 0 spiro atoms. The minimum absolute atomic E-state index is 0.0960. The molecular weight excluding hydrogens is 789 g/mol. The molecule has 1 unspecified atom stereocenters. The summed E-state index contributed by atoms with van der Waals surface area (Å²) < 4.78 is 56.4. The lowest BCUT2D eigenvalue weighted by molar-refractivity contribution is -0.204. The summed E-state index contributed by atoms with van der Waals surface area (Å²) in [5.74, 6) is -0.842. The van der Waals surface area contributed by atoms with Crippen molar-refractivity contribution in [1.82, 2.24) is 19.6 Å². The summed E-state index contributed by atoms with van der Waals surface area (Å²) in [6, 6.07) is 10.9. The Kier molecular flexibility index (Phi) is 18.7. The van der Waals surface area contributed by atoms with Gasteiger partial charge in [0, 0.05) is 12.8 Å². The molecule has 5 heterocycles. The first-order chi connectivity index (χ1) is 29.0. The van der Waals surface area contributed by atoms with E-state index in [2.05, 4.69) is 28.1 Å². The Hall–Kier alpha value is -3.54. The SMILES string of the molecule is CCCCCCCCCCCCCCCCCCOC[C@H](COP(=O)(O)OC[C@@]1(C#N)O[C@@H](c2ccc3c(N)ncnn23)[C@@H]2OC(C)(C)O[C@@H]21)OCc1ccc(C#N)nc1. The zero-order chi connectivity index (χ0) is 42.9. The van der Waals surface area contributed by atoms with Crippen LogP contribution < -0.4 is 5.73 Å². The largest absolute Gasteiger partial charge is 0.472 e. The lowest BCUT2D eigenvalue weighted by Crippen LogP contribution is -2.45. The van der Waals surface area contributed by atoms with Crippen LogP contribution in [0.4, 0.5) is 5.82 Å². The van der Waals surface area contributed by atoms with Gasteiger partial charge in [-0.25, -0.2) is 19.0 Å². The van der Waals surface area contributed by atoms with Crippen LogP contribution in [0.5, 0.6) is 0 Å². The highest BCUT2D eigenvalue weighted by molar-refractivity contribution is 7.47. The van der Waals surface area contributed by atoms with Crippen molar-refractivity contribution >= 4 is 19.2 Å². The second kappa shape index (κ2) is 23.6. The Balaban J connectivity index is 1.07. The quantitative estimate of drug-likeness (QED) is 0.0494. The van der Waals surface area contributed by atoms with Gasteiger partial charge in [0.05, 0.1) is 25.5 Å². The summed E-state index contributed by atoms with van der Waals surface area (Å²) in [7, 11) is -4.79. The smallest absolute Gasteiger partial charge is 0.382 e. The zero-order valence-electron chi connectivity index (χ0n) is 35.5. The molecule has 6 atom stereocenters. The van der Waals surface area contributed by atoms with Gasteiger partial charge < -0.3 is 34.3 Å². The van der Waals surface area contributed by atoms with Crippen LogP contribution >= 0.6 is 7.82 Å². The summed E-state index contributed by atoms with van der Waals surface area (Å²) in [6.07, 6.45) is 19.9. The van der Waals surface area contributed by atoms with Gasteiger partial charge in [0.2, 0.25) is 5.60 Å². The monoisotopic (exact) mass is 853 g/mol. The highest BCUT2D eigenvalue weighted by atomic mass is 31.2. The van der Waals surface area contributed by atoms with E-state index < -0.39 is 50.2 Å². The zero-order valence-corrected chi connectivity index (χ0v) is 36.4. The van der Waals surface area contributed by atoms with E-state index in [1.165, 1.54) is 96.0 Å². The highest BCUT2D eigenvalue weighted by Crippen LogP contribution is 2.52. The number of nitrogens with two attached hydrogens (primary N) is 1. The van der Waals surface area contributed by atoms with Crippen LogP contribution in [0.15, 0.2) is 36.8 Å². The number of phosphoric ester groups is 1. The van der Waals surface area contributed by atoms with E-state index in [1.54, 1.807) is 42.6 Å². The Morgan fingerprint density at radius 2 is 1.55 bits per heavy atom. The Morgan fingerprint density at radius 3 is 2.17 bits per heavy atom. The van der Waals surface area contributed by atoms with Gasteiger partial charge in [-0.2, -0.15) is 15.6 Å². The fraction of sp³-hybridized carbons (Fsp3) is 0.698. The van der Waals surface area contributed by atoms with Crippen LogP contribution in [0.3, 0.4) is 0 Å². The van der Waals surface area contributed by atoms with E-state index in [4.69, 9.17) is 43.7 Å². The molecule has 0 bridgehead atoms. The number of phosphoric acid groups is 1. The van der Waals surface area contributed by atoms with Crippen LogP contribution in [0, 0.1) is 22.7 Å². The van der Waals surface area contributed by atoms with Crippen LogP contribution in [0.2, 0.25) is 0 Å². The molecule has 3 aromatic heterocycles. The molecule has 0 aliphatic carbocycles. The fourth-order valence-corrected chi connectivity index (χ4v) is 8.47.